The van der Waals surface area contributed by atoms with E-state index in [1.807, 2.05) is 23.1 Å². The maximum absolute atomic E-state index is 12.8. The largest absolute Gasteiger partial charge is 0.368 e. The van der Waals surface area contributed by atoms with Crippen LogP contribution in [0.5, 0.6) is 0 Å². The number of amides is 2. The zero-order chi connectivity index (χ0) is 18.7. The highest BCUT2D eigenvalue weighted by atomic mass is 16.2. The smallest absolute Gasteiger partial charge is 0.321 e. The Morgan fingerprint density at radius 1 is 0.923 bits per heavy atom. The number of para-hydroxylation sites is 2. The number of piperazine rings is 1. The minimum absolute atomic E-state index is 0.00654. The van der Waals surface area contributed by atoms with Crippen molar-refractivity contribution >= 4 is 17.4 Å². The van der Waals surface area contributed by atoms with Crippen molar-refractivity contribution in [1.82, 2.24) is 4.90 Å². The Morgan fingerprint density at radius 2 is 1.54 bits per heavy atom. The van der Waals surface area contributed by atoms with Crippen molar-refractivity contribution in [1.29, 1.82) is 0 Å². The minimum Gasteiger partial charge on any atom is -0.368 e. The molecule has 2 aromatic carbocycles. The highest BCUT2D eigenvalue weighted by Gasteiger charge is 2.24. The molecule has 3 rings (SSSR count). The molecule has 1 saturated heterocycles. The number of benzene rings is 2. The van der Waals surface area contributed by atoms with Crippen molar-refractivity contribution in [3.63, 3.8) is 0 Å². The van der Waals surface area contributed by atoms with Crippen LogP contribution in [-0.2, 0) is 5.41 Å². The number of carbonyl (C=O) groups is 1. The van der Waals surface area contributed by atoms with Crippen molar-refractivity contribution in [3.05, 3.63) is 59.7 Å². The molecule has 138 valence electrons. The summed E-state index contributed by atoms with van der Waals surface area (Å²) < 4.78 is 0. The van der Waals surface area contributed by atoms with Crippen LogP contribution in [0.15, 0.2) is 48.5 Å². The molecule has 0 atom stereocenters. The average molecular weight is 351 g/mol. The quantitative estimate of drug-likeness (QED) is 0.855. The minimum atomic E-state index is -0.00821. The summed E-state index contributed by atoms with van der Waals surface area (Å²) in [6.45, 7) is 11.8. The number of aryl methyl sites for hydroxylation is 1. The molecule has 1 aliphatic rings. The van der Waals surface area contributed by atoms with Gasteiger partial charge in [-0.3, -0.25) is 0 Å². The molecule has 1 heterocycles. The van der Waals surface area contributed by atoms with E-state index in [0.717, 1.165) is 37.4 Å². The summed E-state index contributed by atoms with van der Waals surface area (Å²) >= 11 is 0. The second-order valence-corrected chi connectivity index (χ2v) is 7.99. The maximum Gasteiger partial charge on any atom is 0.321 e. The predicted octanol–water partition coefficient (Wildman–Crippen LogP) is 4.65. The number of nitrogens with one attached hydrogen (secondary N) is 1. The molecule has 1 aliphatic heterocycles. The van der Waals surface area contributed by atoms with E-state index in [1.165, 1.54) is 11.3 Å². The van der Waals surface area contributed by atoms with Crippen molar-refractivity contribution in [2.24, 2.45) is 0 Å². The summed E-state index contributed by atoms with van der Waals surface area (Å²) in [5.41, 5.74) is 4.61. The van der Waals surface area contributed by atoms with Crippen LogP contribution in [0.4, 0.5) is 16.2 Å². The lowest BCUT2D eigenvalue weighted by atomic mass is 9.86. The van der Waals surface area contributed by atoms with E-state index in [9.17, 15) is 4.79 Å². The fourth-order valence-electron chi connectivity index (χ4n) is 3.51. The van der Waals surface area contributed by atoms with Gasteiger partial charge in [0.15, 0.2) is 0 Å². The van der Waals surface area contributed by atoms with Crippen LogP contribution < -0.4 is 10.2 Å². The lowest BCUT2D eigenvalue weighted by molar-refractivity contribution is 0.208. The Morgan fingerprint density at radius 3 is 2.19 bits per heavy atom. The van der Waals surface area contributed by atoms with Crippen LogP contribution in [0.25, 0.3) is 0 Å². The molecular formula is C22H29N3O. The van der Waals surface area contributed by atoms with Gasteiger partial charge in [0.2, 0.25) is 0 Å². The summed E-state index contributed by atoms with van der Waals surface area (Å²) in [6, 6.07) is 16.5. The molecule has 2 aromatic rings. The first kappa shape index (κ1) is 18.3. The van der Waals surface area contributed by atoms with Crippen molar-refractivity contribution in [3.8, 4) is 0 Å². The van der Waals surface area contributed by atoms with Crippen molar-refractivity contribution < 1.29 is 4.79 Å². The second kappa shape index (κ2) is 7.40. The molecule has 1 fully saturated rings. The molecule has 26 heavy (non-hydrogen) atoms. The van der Waals surface area contributed by atoms with Gasteiger partial charge >= 0.3 is 6.03 Å². The Labute approximate surface area is 156 Å². The Hall–Kier alpha value is -2.49. The molecule has 4 heteroatoms. The fourth-order valence-corrected chi connectivity index (χ4v) is 3.51. The molecule has 0 bridgehead atoms. The fraction of sp³-hybridized carbons (Fsp3) is 0.409. The van der Waals surface area contributed by atoms with Gasteiger partial charge in [0, 0.05) is 37.6 Å². The molecule has 0 unspecified atom stereocenters. The van der Waals surface area contributed by atoms with Gasteiger partial charge in [-0.1, -0.05) is 57.2 Å². The second-order valence-electron chi connectivity index (χ2n) is 7.99. The van der Waals surface area contributed by atoms with E-state index in [1.54, 1.807) is 0 Å². The van der Waals surface area contributed by atoms with Crippen LogP contribution in [0.3, 0.4) is 0 Å². The highest BCUT2D eigenvalue weighted by molar-refractivity contribution is 5.90. The first-order chi connectivity index (χ1) is 12.4. The lowest BCUT2D eigenvalue weighted by Crippen LogP contribution is -2.50. The molecule has 0 radical (unpaired) electrons. The SMILES string of the molecule is Cc1ccccc1N1CCN(C(=O)Nc2ccccc2C(C)(C)C)CC1. The van der Waals surface area contributed by atoms with Crippen molar-refractivity contribution in [2.75, 3.05) is 36.4 Å². The van der Waals surface area contributed by atoms with Crippen LogP contribution in [0, 0.1) is 6.92 Å². The normalized spacial score (nSPS) is 15.1. The molecule has 0 aliphatic carbocycles. The van der Waals surface area contributed by atoms with Gasteiger partial charge in [-0.05, 0) is 35.6 Å². The number of nitrogens with zero attached hydrogens (tertiary/aromatic N) is 2. The standard InChI is InChI=1S/C22H29N3O/c1-17-9-5-8-12-20(17)24-13-15-25(16-14-24)21(26)23-19-11-7-6-10-18(19)22(2,3)4/h5-12H,13-16H2,1-4H3,(H,23,26). The predicted molar refractivity (Wildman–Crippen MR) is 109 cm³/mol. The van der Waals surface area contributed by atoms with Crippen LogP contribution in [0.2, 0.25) is 0 Å². The first-order valence-corrected chi connectivity index (χ1v) is 9.32. The van der Waals surface area contributed by atoms with Gasteiger partial charge in [0.05, 0.1) is 0 Å². The molecular weight excluding hydrogens is 322 g/mol. The maximum atomic E-state index is 12.8. The van der Waals surface area contributed by atoms with E-state index in [-0.39, 0.29) is 11.4 Å². The van der Waals surface area contributed by atoms with Gasteiger partial charge in [-0.15, -0.1) is 0 Å². The Kier molecular flexibility index (Phi) is 5.21. The molecule has 4 nitrogen and oxygen atoms in total. The third-order valence-electron chi connectivity index (χ3n) is 5.00. The lowest BCUT2D eigenvalue weighted by Gasteiger charge is -2.37. The van der Waals surface area contributed by atoms with Gasteiger partial charge in [0.1, 0.15) is 0 Å². The Bertz CT molecular complexity index is 771. The van der Waals surface area contributed by atoms with E-state index < -0.39 is 0 Å². The Balaban J connectivity index is 1.64. The van der Waals surface area contributed by atoms with Crippen molar-refractivity contribution in [2.45, 2.75) is 33.1 Å². The summed E-state index contributed by atoms with van der Waals surface area (Å²) in [7, 11) is 0. The molecule has 0 saturated carbocycles. The third-order valence-corrected chi connectivity index (χ3v) is 5.00. The topological polar surface area (TPSA) is 35.6 Å². The average Bonchev–Trinajstić information content (AvgIpc) is 2.62. The van der Waals surface area contributed by atoms with Crippen LogP contribution in [0.1, 0.15) is 31.9 Å². The summed E-state index contributed by atoms with van der Waals surface area (Å²) in [5, 5.41) is 3.12. The number of rotatable bonds is 2. The zero-order valence-corrected chi connectivity index (χ0v) is 16.2. The van der Waals surface area contributed by atoms with Crippen LogP contribution in [-0.4, -0.2) is 37.1 Å². The molecule has 1 N–H and O–H groups in total. The number of urea groups is 1. The van der Waals surface area contributed by atoms with Crippen LogP contribution >= 0.6 is 0 Å². The summed E-state index contributed by atoms with van der Waals surface area (Å²) in [4.78, 5) is 17.0. The molecule has 2 amide bonds. The van der Waals surface area contributed by atoms with Gasteiger partial charge in [-0.2, -0.15) is 0 Å². The van der Waals surface area contributed by atoms with Gasteiger partial charge in [0.25, 0.3) is 0 Å². The van der Waals surface area contributed by atoms with Gasteiger partial charge < -0.3 is 15.1 Å². The number of anilines is 2. The number of hydrogen-bond acceptors (Lipinski definition) is 2. The van der Waals surface area contributed by atoms with E-state index >= 15 is 0 Å². The van der Waals surface area contributed by atoms with E-state index in [2.05, 4.69) is 68.2 Å². The molecule has 0 aromatic heterocycles. The van der Waals surface area contributed by atoms with Gasteiger partial charge in [-0.25, -0.2) is 4.79 Å². The molecule has 0 spiro atoms. The number of carbonyl (C=O) groups excluding carboxylic acids is 1. The first-order valence-electron chi connectivity index (χ1n) is 9.32. The zero-order valence-electron chi connectivity index (χ0n) is 16.2. The summed E-state index contributed by atoms with van der Waals surface area (Å²) in [5.74, 6) is 0. The number of hydrogen-bond donors (Lipinski definition) is 1. The monoisotopic (exact) mass is 351 g/mol. The highest BCUT2D eigenvalue weighted by Crippen LogP contribution is 2.29. The third kappa shape index (κ3) is 4.01. The van der Waals surface area contributed by atoms with E-state index in [4.69, 9.17) is 0 Å². The van der Waals surface area contributed by atoms with E-state index in [0.29, 0.717) is 0 Å². The summed E-state index contributed by atoms with van der Waals surface area (Å²) in [6.07, 6.45) is 0.